The van der Waals surface area contributed by atoms with Crippen LogP contribution in [0.5, 0.6) is 5.75 Å². The van der Waals surface area contributed by atoms with E-state index in [1.54, 1.807) is 19.2 Å². The van der Waals surface area contributed by atoms with Crippen molar-refractivity contribution in [2.24, 2.45) is 0 Å². The molecule has 0 saturated carbocycles. The van der Waals surface area contributed by atoms with Crippen molar-refractivity contribution in [1.29, 1.82) is 0 Å². The van der Waals surface area contributed by atoms with E-state index in [-0.39, 0.29) is 17.0 Å². The van der Waals surface area contributed by atoms with Gasteiger partial charge in [0.15, 0.2) is 4.34 Å². The van der Waals surface area contributed by atoms with Crippen LogP contribution in [0.3, 0.4) is 0 Å². The summed E-state index contributed by atoms with van der Waals surface area (Å²) in [5, 5.41) is 4.49. The van der Waals surface area contributed by atoms with E-state index in [4.69, 9.17) is 4.74 Å². The molecule has 0 bridgehead atoms. The van der Waals surface area contributed by atoms with Crippen LogP contribution in [0, 0.1) is 12.7 Å². The van der Waals surface area contributed by atoms with Crippen LogP contribution in [0.15, 0.2) is 52.2 Å². The Morgan fingerprint density at radius 2 is 2.00 bits per heavy atom. The van der Waals surface area contributed by atoms with E-state index >= 15 is 0 Å². The SMILES string of the molecule is COc1ccc(C)cc1NC(=O)C(C)Sc1nc(-c2ccc(F)cc2)cs1. The fraction of sp³-hybridized carbons (Fsp3) is 0.200. The number of aromatic nitrogens is 1. The summed E-state index contributed by atoms with van der Waals surface area (Å²) in [6.45, 7) is 3.79. The number of carbonyl (C=O) groups is 1. The summed E-state index contributed by atoms with van der Waals surface area (Å²) in [6.07, 6.45) is 0. The van der Waals surface area contributed by atoms with E-state index in [1.165, 1.54) is 35.2 Å². The predicted molar refractivity (Wildman–Crippen MR) is 109 cm³/mol. The molecular weight excluding hydrogens is 383 g/mol. The highest BCUT2D eigenvalue weighted by Crippen LogP contribution is 2.32. The molecule has 1 heterocycles. The van der Waals surface area contributed by atoms with Crippen LogP contribution in [0.25, 0.3) is 11.3 Å². The molecule has 0 saturated heterocycles. The van der Waals surface area contributed by atoms with Gasteiger partial charge in [0.05, 0.1) is 23.7 Å². The van der Waals surface area contributed by atoms with Gasteiger partial charge in [-0.15, -0.1) is 11.3 Å². The number of halogens is 1. The van der Waals surface area contributed by atoms with E-state index in [0.29, 0.717) is 11.4 Å². The number of hydrogen-bond donors (Lipinski definition) is 1. The summed E-state index contributed by atoms with van der Waals surface area (Å²) < 4.78 is 19.1. The smallest absolute Gasteiger partial charge is 0.237 e. The van der Waals surface area contributed by atoms with Gasteiger partial charge >= 0.3 is 0 Å². The van der Waals surface area contributed by atoms with Crippen molar-refractivity contribution in [2.45, 2.75) is 23.4 Å². The lowest BCUT2D eigenvalue weighted by Gasteiger charge is -2.14. The Morgan fingerprint density at radius 1 is 1.26 bits per heavy atom. The summed E-state index contributed by atoms with van der Waals surface area (Å²) in [5.41, 5.74) is 3.31. The first-order valence-corrected chi connectivity index (χ1v) is 10.1. The van der Waals surface area contributed by atoms with Gasteiger partial charge in [-0.25, -0.2) is 9.37 Å². The number of amides is 1. The minimum absolute atomic E-state index is 0.123. The Bertz CT molecular complexity index is 941. The molecule has 2 aromatic carbocycles. The van der Waals surface area contributed by atoms with Gasteiger partial charge in [-0.3, -0.25) is 4.79 Å². The topological polar surface area (TPSA) is 51.2 Å². The first-order valence-electron chi connectivity index (χ1n) is 8.30. The first kappa shape index (κ1) is 19.4. The van der Waals surface area contributed by atoms with Crippen molar-refractivity contribution >= 4 is 34.7 Å². The van der Waals surface area contributed by atoms with Gasteiger partial charge in [-0.05, 0) is 55.8 Å². The molecule has 0 aliphatic rings. The van der Waals surface area contributed by atoms with Crippen LogP contribution in [-0.4, -0.2) is 23.3 Å². The van der Waals surface area contributed by atoms with Gasteiger partial charge in [-0.1, -0.05) is 17.8 Å². The lowest BCUT2D eigenvalue weighted by Crippen LogP contribution is -2.22. The molecule has 0 fully saturated rings. The summed E-state index contributed by atoms with van der Waals surface area (Å²) in [7, 11) is 1.57. The standard InChI is InChI=1S/C20H19FN2O2S2/c1-12-4-9-18(25-3)16(10-12)22-19(24)13(2)27-20-23-17(11-26-20)14-5-7-15(21)8-6-14/h4-11,13H,1-3H3,(H,22,24). The number of rotatable bonds is 6. The Morgan fingerprint density at radius 3 is 2.70 bits per heavy atom. The molecule has 4 nitrogen and oxygen atoms in total. The van der Waals surface area contributed by atoms with Crippen LogP contribution in [-0.2, 0) is 4.79 Å². The molecule has 7 heteroatoms. The van der Waals surface area contributed by atoms with E-state index in [9.17, 15) is 9.18 Å². The van der Waals surface area contributed by atoms with E-state index in [1.807, 2.05) is 37.4 Å². The number of nitrogens with zero attached hydrogens (tertiary/aromatic N) is 1. The summed E-state index contributed by atoms with van der Waals surface area (Å²) in [6, 6.07) is 11.8. The van der Waals surface area contributed by atoms with Crippen molar-refractivity contribution in [3.63, 3.8) is 0 Å². The number of thiazole rings is 1. The molecule has 1 amide bonds. The third-order valence-electron chi connectivity index (χ3n) is 3.88. The molecule has 1 unspecified atom stereocenters. The number of nitrogens with one attached hydrogen (secondary N) is 1. The highest BCUT2D eigenvalue weighted by Gasteiger charge is 2.18. The van der Waals surface area contributed by atoms with Crippen molar-refractivity contribution < 1.29 is 13.9 Å². The van der Waals surface area contributed by atoms with Crippen molar-refractivity contribution in [3.8, 4) is 17.0 Å². The first-order chi connectivity index (χ1) is 13.0. The van der Waals surface area contributed by atoms with Gasteiger partial charge in [0.2, 0.25) is 5.91 Å². The monoisotopic (exact) mass is 402 g/mol. The van der Waals surface area contributed by atoms with Gasteiger partial charge in [0.1, 0.15) is 11.6 Å². The number of aryl methyl sites for hydroxylation is 1. The molecule has 3 aromatic rings. The maximum absolute atomic E-state index is 13.1. The van der Waals surface area contributed by atoms with Crippen LogP contribution in [0.2, 0.25) is 0 Å². The second kappa shape index (κ2) is 8.54. The number of benzene rings is 2. The van der Waals surface area contributed by atoms with Gasteiger partial charge < -0.3 is 10.1 Å². The number of anilines is 1. The molecule has 0 radical (unpaired) electrons. The highest BCUT2D eigenvalue weighted by molar-refractivity contribution is 8.02. The third kappa shape index (κ3) is 4.87. The number of thioether (sulfide) groups is 1. The van der Waals surface area contributed by atoms with Crippen molar-refractivity contribution in [3.05, 3.63) is 59.2 Å². The zero-order valence-electron chi connectivity index (χ0n) is 15.2. The minimum Gasteiger partial charge on any atom is -0.495 e. The maximum atomic E-state index is 13.1. The highest BCUT2D eigenvalue weighted by atomic mass is 32.2. The Balaban J connectivity index is 1.67. The van der Waals surface area contributed by atoms with E-state index in [0.717, 1.165) is 21.2 Å². The summed E-state index contributed by atoms with van der Waals surface area (Å²) in [5.74, 6) is 0.224. The Hall–Kier alpha value is -2.38. The summed E-state index contributed by atoms with van der Waals surface area (Å²) >= 11 is 2.85. The minimum atomic E-state index is -0.331. The zero-order valence-corrected chi connectivity index (χ0v) is 16.8. The molecule has 3 rings (SSSR count). The van der Waals surface area contributed by atoms with Crippen molar-refractivity contribution in [2.75, 3.05) is 12.4 Å². The van der Waals surface area contributed by atoms with Crippen LogP contribution >= 0.6 is 23.1 Å². The molecule has 0 aliphatic carbocycles. The second-order valence-corrected chi connectivity index (χ2v) is 8.40. The zero-order chi connectivity index (χ0) is 19.4. The average molecular weight is 403 g/mol. The Labute approximate surface area is 165 Å². The molecule has 0 aliphatic heterocycles. The fourth-order valence-corrected chi connectivity index (χ4v) is 4.39. The van der Waals surface area contributed by atoms with Crippen LogP contribution in [0.1, 0.15) is 12.5 Å². The normalized spacial score (nSPS) is 11.9. The lowest BCUT2D eigenvalue weighted by atomic mass is 10.2. The molecule has 140 valence electrons. The van der Waals surface area contributed by atoms with Gasteiger partial charge in [0, 0.05) is 10.9 Å². The number of ether oxygens (including phenoxy) is 1. The maximum Gasteiger partial charge on any atom is 0.237 e. The van der Waals surface area contributed by atoms with Crippen LogP contribution in [0.4, 0.5) is 10.1 Å². The fourth-order valence-electron chi connectivity index (χ4n) is 2.42. The summed E-state index contributed by atoms with van der Waals surface area (Å²) in [4.78, 5) is 17.1. The van der Waals surface area contributed by atoms with E-state index in [2.05, 4.69) is 10.3 Å². The Kier molecular flexibility index (Phi) is 6.13. The molecule has 1 atom stereocenters. The number of methoxy groups -OCH3 is 1. The molecule has 0 spiro atoms. The van der Waals surface area contributed by atoms with Gasteiger partial charge in [0.25, 0.3) is 0 Å². The van der Waals surface area contributed by atoms with E-state index < -0.39 is 0 Å². The molecule has 1 N–H and O–H groups in total. The van der Waals surface area contributed by atoms with Gasteiger partial charge in [-0.2, -0.15) is 0 Å². The second-order valence-electron chi connectivity index (χ2n) is 5.96. The predicted octanol–water partition coefficient (Wildman–Crippen LogP) is 5.39. The third-order valence-corrected chi connectivity index (χ3v) is 5.95. The van der Waals surface area contributed by atoms with Crippen LogP contribution < -0.4 is 10.1 Å². The number of carbonyl (C=O) groups excluding carboxylic acids is 1. The van der Waals surface area contributed by atoms with Crippen molar-refractivity contribution in [1.82, 2.24) is 4.98 Å². The molecular formula is C20H19FN2O2S2. The largest absolute Gasteiger partial charge is 0.495 e. The number of hydrogen-bond acceptors (Lipinski definition) is 5. The average Bonchev–Trinajstić information content (AvgIpc) is 3.11. The molecule has 1 aromatic heterocycles. The lowest BCUT2D eigenvalue weighted by molar-refractivity contribution is -0.115. The molecule has 27 heavy (non-hydrogen) atoms. The quantitative estimate of drug-likeness (QED) is 0.562.